The second-order valence-electron chi connectivity index (χ2n) is 7.31. The van der Waals surface area contributed by atoms with Crippen molar-refractivity contribution in [1.29, 1.82) is 0 Å². The van der Waals surface area contributed by atoms with Gasteiger partial charge in [-0.1, -0.05) is 6.07 Å². The van der Waals surface area contributed by atoms with Crippen molar-refractivity contribution in [2.24, 2.45) is 0 Å². The van der Waals surface area contributed by atoms with E-state index in [1.165, 1.54) is 24.7 Å². The Morgan fingerprint density at radius 3 is 2.51 bits per heavy atom. The fourth-order valence-corrected chi connectivity index (χ4v) is 3.87. The summed E-state index contributed by atoms with van der Waals surface area (Å²) in [6, 6.07) is 8.85. The van der Waals surface area contributed by atoms with Crippen molar-refractivity contribution in [3.05, 3.63) is 88.5 Å². The number of aromatic nitrogens is 4. The molecule has 8 nitrogen and oxygen atoms in total. The zero-order chi connectivity index (χ0) is 25.0. The standard InChI is InChI=1S/C23H17F3N6O2S/c1-13(31-20(33)18-10-17(29-12-30-18)14-5-7-27-8-6-14)22-28-11-19(35-22)21(34)32-16-4-2-3-15(9-16)23(24,25)26/h2-13H,1H3,(H,31,33)(H,32,34). The van der Waals surface area contributed by atoms with Gasteiger partial charge < -0.3 is 10.6 Å². The monoisotopic (exact) mass is 498 g/mol. The summed E-state index contributed by atoms with van der Waals surface area (Å²) in [6.07, 6.45) is 1.30. The molecule has 0 bridgehead atoms. The molecule has 35 heavy (non-hydrogen) atoms. The van der Waals surface area contributed by atoms with Gasteiger partial charge in [-0.05, 0) is 43.3 Å². The van der Waals surface area contributed by atoms with E-state index < -0.39 is 29.6 Å². The van der Waals surface area contributed by atoms with Crippen LogP contribution in [0.3, 0.4) is 0 Å². The third-order valence-electron chi connectivity index (χ3n) is 4.79. The second kappa shape index (κ2) is 9.97. The summed E-state index contributed by atoms with van der Waals surface area (Å²) in [7, 11) is 0. The van der Waals surface area contributed by atoms with E-state index in [0.29, 0.717) is 10.7 Å². The molecular weight excluding hydrogens is 481 g/mol. The summed E-state index contributed by atoms with van der Waals surface area (Å²) in [5.74, 6) is -1.07. The lowest BCUT2D eigenvalue weighted by atomic mass is 10.1. The van der Waals surface area contributed by atoms with E-state index in [1.54, 1.807) is 37.5 Å². The summed E-state index contributed by atoms with van der Waals surface area (Å²) >= 11 is 1.02. The van der Waals surface area contributed by atoms with Crippen molar-refractivity contribution in [1.82, 2.24) is 25.3 Å². The first kappa shape index (κ1) is 24.0. The lowest BCUT2D eigenvalue weighted by Crippen LogP contribution is -2.27. The number of nitrogens with one attached hydrogen (secondary N) is 2. The van der Waals surface area contributed by atoms with E-state index in [2.05, 4.69) is 30.6 Å². The van der Waals surface area contributed by atoms with Crippen molar-refractivity contribution in [3.63, 3.8) is 0 Å². The van der Waals surface area contributed by atoms with Gasteiger partial charge in [0.25, 0.3) is 11.8 Å². The van der Waals surface area contributed by atoms with Gasteiger partial charge in [0, 0.05) is 23.6 Å². The Morgan fingerprint density at radius 2 is 1.77 bits per heavy atom. The van der Waals surface area contributed by atoms with Crippen molar-refractivity contribution in [3.8, 4) is 11.3 Å². The van der Waals surface area contributed by atoms with Crippen LogP contribution in [0.1, 0.15) is 43.7 Å². The van der Waals surface area contributed by atoms with Gasteiger partial charge in [0.1, 0.15) is 21.9 Å². The van der Waals surface area contributed by atoms with Gasteiger partial charge in [-0.2, -0.15) is 13.2 Å². The quantitative estimate of drug-likeness (QED) is 0.397. The van der Waals surface area contributed by atoms with E-state index in [-0.39, 0.29) is 16.3 Å². The molecule has 0 saturated heterocycles. The van der Waals surface area contributed by atoms with Crippen LogP contribution >= 0.6 is 11.3 Å². The second-order valence-corrected chi connectivity index (χ2v) is 8.38. The first-order chi connectivity index (χ1) is 16.7. The smallest absolute Gasteiger partial charge is 0.342 e. The number of hydrogen-bond donors (Lipinski definition) is 2. The average molecular weight is 498 g/mol. The molecule has 0 saturated carbocycles. The number of anilines is 1. The number of alkyl halides is 3. The molecule has 0 spiro atoms. The van der Waals surface area contributed by atoms with Crippen molar-refractivity contribution in [2.45, 2.75) is 19.1 Å². The molecule has 2 N–H and O–H groups in total. The summed E-state index contributed by atoms with van der Waals surface area (Å²) in [4.78, 5) is 41.7. The molecule has 0 aliphatic rings. The molecule has 178 valence electrons. The number of nitrogens with zero attached hydrogens (tertiary/aromatic N) is 4. The van der Waals surface area contributed by atoms with Crippen molar-refractivity contribution in [2.75, 3.05) is 5.32 Å². The maximum atomic E-state index is 12.9. The third kappa shape index (κ3) is 5.84. The molecule has 1 atom stereocenters. The Bertz CT molecular complexity index is 1360. The highest BCUT2D eigenvalue weighted by molar-refractivity contribution is 7.13. The van der Waals surface area contributed by atoms with E-state index in [9.17, 15) is 22.8 Å². The molecule has 3 aromatic heterocycles. The van der Waals surface area contributed by atoms with Crippen LogP contribution in [0, 0.1) is 0 Å². The molecule has 12 heteroatoms. The van der Waals surface area contributed by atoms with Gasteiger partial charge in [0.2, 0.25) is 0 Å². The zero-order valence-corrected chi connectivity index (χ0v) is 18.9. The van der Waals surface area contributed by atoms with Gasteiger partial charge >= 0.3 is 6.18 Å². The van der Waals surface area contributed by atoms with Crippen LogP contribution in [0.15, 0.2) is 67.4 Å². The maximum absolute atomic E-state index is 12.9. The van der Waals surface area contributed by atoms with E-state index in [1.807, 2.05) is 0 Å². The Hall–Kier alpha value is -4.19. The van der Waals surface area contributed by atoms with E-state index in [4.69, 9.17) is 0 Å². The molecule has 3 heterocycles. The predicted molar refractivity (Wildman–Crippen MR) is 123 cm³/mol. The number of amides is 2. The highest BCUT2D eigenvalue weighted by Crippen LogP contribution is 2.31. The Balaban J connectivity index is 1.42. The lowest BCUT2D eigenvalue weighted by molar-refractivity contribution is -0.137. The molecule has 0 fully saturated rings. The number of thiazole rings is 1. The van der Waals surface area contributed by atoms with Crippen molar-refractivity contribution < 1.29 is 22.8 Å². The molecule has 4 rings (SSSR count). The maximum Gasteiger partial charge on any atom is 0.416 e. The number of carbonyl (C=O) groups excluding carboxylic acids is 2. The molecule has 1 aromatic carbocycles. The minimum absolute atomic E-state index is 0.00916. The number of carbonyl (C=O) groups is 2. The Morgan fingerprint density at radius 1 is 1.00 bits per heavy atom. The van der Waals surface area contributed by atoms with Gasteiger partial charge in [-0.3, -0.25) is 14.6 Å². The Kier molecular flexibility index (Phi) is 6.82. The van der Waals surface area contributed by atoms with Gasteiger partial charge in [0.05, 0.1) is 23.5 Å². The fourth-order valence-electron chi connectivity index (χ4n) is 3.05. The molecule has 1 unspecified atom stereocenters. The largest absolute Gasteiger partial charge is 0.416 e. The van der Waals surface area contributed by atoms with Crippen LogP contribution in [-0.4, -0.2) is 31.8 Å². The lowest BCUT2D eigenvalue weighted by Gasteiger charge is -2.11. The number of rotatable bonds is 6. The summed E-state index contributed by atoms with van der Waals surface area (Å²) in [6.45, 7) is 1.69. The predicted octanol–water partition coefficient (Wildman–Crippen LogP) is 4.76. The third-order valence-corrected chi connectivity index (χ3v) is 5.97. The fraction of sp³-hybridized carbons (Fsp3) is 0.130. The van der Waals surface area contributed by atoms with E-state index >= 15 is 0 Å². The minimum Gasteiger partial charge on any atom is -0.342 e. The van der Waals surface area contributed by atoms with Crippen LogP contribution in [-0.2, 0) is 6.18 Å². The molecule has 0 aliphatic heterocycles. The van der Waals surface area contributed by atoms with Crippen LogP contribution in [0.25, 0.3) is 11.3 Å². The minimum atomic E-state index is -4.52. The molecule has 0 radical (unpaired) electrons. The summed E-state index contributed by atoms with van der Waals surface area (Å²) < 4.78 is 38.7. The van der Waals surface area contributed by atoms with E-state index in [0.717, 1.165) is 29.0 Å². The van der Waals surface area contributed by atoms with Crippen LogP contribution in [0.4, 0.5) is 18.9 Å². The zero-order valence-electron chi connectivity index (χ0n) is 18.1. The van der Waals surface area contributed by atoms with Gasteiger partial charge in [-0.15, -0.1) is 11.3 Å². The molecule has 2 amide bonds. The first-order valence-corrected chi connectivity index (χ1v) is 11.0. The summed E-state index contributed by atoms with van der Waals surface area (Å²) in [5.41, 5.74) is 0.630. The number of pyridine rings is 1. The highest BCUT2D eigenvalue weighted by Gasteiger charge is 2.30. The van der Waals surface area contributed by atoms with Crippen LogP contribution < -0.4 is 10.6 Å². The molecule has 0 aliphatic carbocycles. The Labute approximate surface area is 201 Å². The van der Waals surface area contributed by atoms with Gasteiger partial charge in [-0.25, -0.2) is 15.0 Å². The topological polar surface area (TPSA) is 110 Å². The highest BCUT2D eigenvalue weighted by atomic mass is 32.1. The molecule has 4 aromatic rings. The first-order valence-electron chi connectivity index (χ1n) is 10.2. The normalized spacial score (nSPS) is 12.1. The van der Waals surface area contributed by atoms with Crippen LogP contribution in [0.2, 0.25) is 0 Å². The SMILES string of the molecule is CC(NC(=O)c1cc(-c2ccncc2)ncn1)c1ncc(C(=O)Nc2cccc(C(F)(F)F)c2)s1. The molecular formula is C23H17F3N6O2S. The summed E-state index contributed by atoms with van der Waals surface area (Å²) in [5, 5.41) is 5.64. The number of halogens is 3. The van der Waals surface area contributed by atoms with Crippen LogP contribution in [0.5, 0.6) is 0 Å². The number of hydrogen-bond acceptors (Lipinski definition) is 7. The van der Waals surface area contributed by atoms with Crippen molar-refractivity contribution >= 4 is 28.8 Å². The number of benzene rings is 1. The van der Waals surface area contributed by atoms with Gasteiger partial charge in [0.15, 0.2) is 0 Å². The average Bonchev–Trinajstić information content (AvgIpc) is 3.35.